The molecule has 0 aliphatic heterocycles. The Bertz CT molecular complexity index is 637. The quantitative estimate of drug-likeness (QED) is 0.465. The minimum absolute atomic E-state index is 0.0240. The number of carbonyl (C=O) groups excluding carboxylic acids is 1. The molecule has 9 heteroatoms. The van der Waals surface area contributed by atoms with Gasteiger partial charge in [0.15, 0.2) is 6.04 Å². The summed E-state index contributed by atoms with van der Waals surface area (Å²) in [5.41, 5.74) is 0.544. The smallest absolute Gasteiger partial charge is 0.332 e. The van der Waals surface area contributed by atoms with E-state index in [-0.39, 0.29) is 11.5 Å². The first-order valence-electron chi connectivity index (χ1n) is 5.65. The first-order chi connectivity index (χ1) is 9.52. The van der Waals surface area contributed by atoms with E-state index in [0.717, 1.165) is 4.80 Å². The van der Waals surface area contributed by atoms with Crippen molar-refractivity contribution in [1.29, 1.82) is 0 Å². The van der Waals surface area contributed by atoms with E-state index in [9.17, 15) is 14.9 Å². The van der Waals surface area contributed by atoms with Crippen LogP contribution in [-0.2, 0) is 9.53 Å². The fourth-order valence-electron chi connectivity index (χ4n) is 1.50. The zero-order valence-corrected chi connectivity index (χ0v) is 10.8. The Morgan fingerprint density at radius 1 is 1.40 bits per heavy atom. The summed E-state index contributed by atoms with van der Waals surface area (Å²) in [7, 11) is 1.27. The summed E-state index contributed by atoms with van der Waals surface area (Å²) in [6.07, 6.45) is 0. The van der Waals surface area contributed by atoms with E-state index in [1.54, 1.807) is 6.92 Å². The van der Waals surface area contributed by atoms with E-state index in [1.165, 1.54) is 31.4 Å². The third-order valence-electron chi connectivity index (χ3n) is 2.65. The summed E-state index contributed by atoms with van der Waals surface area (Å²) < 4.78 is 4.58. The summed E-state index contributed by atoms with van der Waals surface area (Å²) in [4.78, 5) is 22.5. The van der Waals surface area contributed by atoms with E-state index in [4.69, 9.17) is 0 Å². The fourth-order valence-corrected chi connectivity index (χ4v) is 1.50. The molecule has 0 amide bonds. The molecule has 2 rings (SSSR count). The molecule has 0 saturated carbocycles. The summed E-state index contributed by atoms with van der Waals surface area (Å²) in [5, 5.41) is 22.2. The van der Waals surface area contributed by atoms with Crippen LogP contribution in [0.25, 0.3) is 11.4 Å². The molecule has 9 nitrogen and oxygen atoms in total. The molecule has 104 valence electrons. The zero-order valence-electron chi connectivity index (χ0n) is 10.8. The van der Waals surface area contributed by atoms with Crippen LogP contribution < -0.4 is 0 Å². The van der Waals surface area contributed by atoms with Crippen molar-refractivity contribution in [2.24, 2.45) is 0 Å². The van der Waals surface area contributed by atoms with Gasteiger partial charge in [-0.2, -0.15) is 0 Å². The number of hydrogen-bond acceptors (Lipinski definition) is 7. The van der Waals surface area contributed by atoms with Crippen LogP contribution in [0.1, 0.15) is 13.0 Å². The van der Waals surface area contributed by atoms with Crippen molar-refractivity contribution < 1.29 is 14.5 Å². The molecule has 0 fully saturated rings. The molecule has 0 bridgehead atoms. The lowest BCUT2D eigenvalue weighted by Crippen LogP contribution is -2.20. The largest absolute Gasteiger partial charge is 0.467 e. The third-order valence-corrected chi connectivity index (χ3v) is 2.65. The molecule has 0 aliphatic carbocycles. The number of nitro groups is 1. The van der Waals surface area contributed by atoms with Gasteiger partial charge in [-0.1, -0.05) is 0 Å². The Morgan fingerprint density at radius 2 is 2.05 bits per heavy atom. The molecular formula is C11H11N5O4. The summed E-state index contributed by atoms with van der Waals surface area (Å²) in [6, 6.07) is 5.03. The molecule has 0 saturated heterocycles. The Morgan fingerprint density at radius 3 is 2.60 bits per heavy atom. The number of carbonyl (C=O) groups is 1. The highest BCUT2D eigenvalue weighted by atomic mass is 16.6. The molecule has 0 radical (unpaired) electrons. The molecule has 1 aromatic heterocycles. The normalized spacial score (nSPS) is 11.9. The van der Waals surface area contributed by atoms with Gasteiger partial charge in [-0.3, -0.25) is 10.1 Å². The van der Waals surface area contributed by atoms with Crippen LogP contribution in [0.5, 0.6) is 0 Å². The van der Waals surface area contributed by atoms with Crippen molar-refractivity contribution >= 4 is 11.7 Å². The number of ether oxygens (including phenoxy) is 1. The van der Waals surface area contributed by atoms with Crippen LogP contribution in [-0.4, -0.2) is 38.2 Å². The van der Waals surface area contributed by atoms with Crippen molar-refractivity contribution in [3.05, 3.63) is 34.4 Å². The molecule has 0 spiro atoms. The van der Waals surface area contributed by atoms with E-state index < -0.39 is 16.9 Å². The second-order valence-electron chi connectivity index (χ2n) is 3.94. The number of esters is 1. The molecule has 20 heavy (non-hydrogen) atoms. The Balaban J connectivity index is 2.24. The molecule has 0 N–H and O–H groups in total. The monoisotopic (exact) mass is 277 g/mol. The number of aromatic nitrogens is 4. The molecule has 1 heterocycles. The van der Waals surface area contributed by atoms with Gasteiger partial charge in [-0.15, -0.1) is 15.0 Å². The Labute approximate surface area is 113 Å². The first-order valence-corrected chi connectivity index (χ1v) is 5.65. The van der Waals surface area contributed by atoms with Gasteiger partial charge in [0.25, 0.3) is 5.69 Å². The van der Waals surface area contributed by atoms with Crippen LogP contribution in [0.4, 0.5) is 5.69 Å². The van der Waals surface area contributed by atoms with Crippen LogP contribution in [0, 0.1) is 10.1 Å². The van der Waals surface area contributed by atoms with Crippen molar-refractivity contribution in [3.63, 3.8) is 0 Å². The van der Waals surface area contributed by atoms with E-state index in [1.807, 2.05) is 0 Å². The van der Waals surface area contributed by atoms with Crippen LogP contribution >= 0.6 is 0 Å². The molecule has 0 unspecified atom stereocenters. The molecule has 2 aromatic rings. The van der Waals surface area contributed by atoms with Gasteiger partial charge < -0.3 is 4.74 Å². The Hall–Kier alpha value is -2.84. The van der Waals surface area contributed by atoms with Gasteiger partial charge in [0.05, 0.1) is 12.0 Å². The number of methoxy groups -OCH3 is 1. The van der Waals surface area contributed by atoms with Gasteiger partial charge in [-0.25, -0.2) is 4.79 Å². The average molecular weight is 277 g/mol. The number of tetrazole rings is 1. The van der Waals surface area contributed by atoms with Gasteiger partial charge in [0.2, 0.25) is 5.82 Å². The van der Waals surface area contributed by atoms with Crippen LogP contribution in [0.3, 0.4) is 0 Å². The molecular weight excluding hydrogens is 266 g/mol. The zero-order chi connectivity index (χ0) is 14.7. The number of nitrogens with zero attached hydrogens (tertiary/aromatic N) is 5. The van der Waals surface area contributed by atoms with Crippen molar-refractivity contribution in [3.8, 4) is 11.4 Å². The second-order valence-corrected chi connectivity index (χ2v) is 3.94. The van der Waals surface area contributed by atoms with Gasteiger partial charge in [-0.05, 0) is 24.3 Å². The lowest BCUT2D eigenvalue weighted by Gasteiger charge is -2.05. The van der Waals surface area contributed by atoms with Gasteiger partial charge in [0.1, 0.15) is 0 Å². The number of rotatable bonds is 4. The first kappa shape index (κ1) is 13.6. The van der Waals surface area contributed by atoms with Crippen LogP contribution in [0.2, 0.25) is 0 Å². The predicted molar refractivity (Wildman–Crippen MR) is 66.6 cm³/mol. The average Bonchev–Trinajstić information content (AvgIpc) is 2.95. The third kappa shape index (κ3) is 2.60. The van der Waals surface area contributed by atoms with E-state index >= 15 is 0 Å². The summed E-state index contributed by atoms with van der Waals surface area (Å²) >= 11 is 0. The lowest BCUT2D eigenvalue weighted by molar-refractivity contribution is -0.384. The number of hydrogen-bond donors (Lipinski definition) is 0. The van der Waals surface area contributed by atoms with E-state index in [2.05, 4.69) is 20.1 Å². The van der Waals surface area contributed by atoms with Crippen LogP contribution in [0.15, 0.2) is 24.3 Å². The minimum Gasteiger partial charge on any atom is -0.467 e. The fraction of sp³-hybridized carbons (Fsp3) is 0.273. The highest BCUT2D eigenvalue weighted by Gasteiger charge is 2.19. The maximum atomic E-state index is 11.4. The van der Waals surface area contributed by atoms with Crippen molar-refractivity contribution in [2.45, 2.75) is 13.0 Å². The number of benzene rings is 1. The summed E-state index contributed by atoms with van der Waals surface area (Å²) in [5.74, 6) is -0.215. The standard InChI is InChI=1S/C11H11N5O4/c1-7(11(17)20-2)15-13-10(12-14-15)8-3-5-9(6-4-8)16(18)19/h3-7H,1-2H3/t7-/m1/s1. The van der Waals surface area contributed by atoms with E-state index in [0.29, 0.717) is 5.56 Å². The molecule has 1 atom stereocenters. The molecule has 1 aromatic carbocycles. The minimum atomic E-state index is -0.695. The van der Waals surface area contributed by atoms with Crippen molar-refractivity contribution in [2.75, 3.05) is 7.11 Å². The Kier molecular flexibility index (Phi) is 3.69. The number of non-ortho nitro benzene ring substituents is 1. The topological polar surface area (TPSA) is 113 Å². The SMILES string of the molecule is COC(=O)[C@@H](C)n1nnc(-c2ccc([N+](=O)[O-])cc2)n1. The van der Waals surface area contributed by atoms with Crippen molar-refractivity contribution in [1.82, 2.24) is 20.2 Å². The number of nitro benzene ring substituents is 1. The lowest BCUT2D eigenvalue weighted by atomic mass is 10.2. The highest BCUT2D eigenvalue weighted by Crippen LogP contribution is 2.19. The maximum absolute atomic E-state index is 11.4. The maximum Gasteiger partial charge on any atom is 0.332 e. The second kappa shape index (κ2) is 5.43. The van der Waals surface area contributed by atoms with Gasteiger partial charge in [0, 0.05) is 17.7 Å². The molecule has 0 aliphatic rings. The highest BCUT2D eigenvalue weighted by molar-refractivity contribution is 5.73. The summed E-state index contributed by atoms with van der Waals surface area (Å²) in [6.45, 7) is 1.58. The van der Waals surface area contributed by atoms with Gasteiger partial charge >= 0.3 is 5.97 Å². The predicted octanol–water partition coefficient (Wildman–Crippen LogP) is 0.982.